The molecule has 182 valence electrons. The molecule has 0 aliphatic carbocycles. The molecule has 0 radical (unpaired) electrons. The molecule has 1 aliphatic heterocycles. The Morgan fingerprint density at radius 1 is 1.26 bits per heavy atom. The van der Waals surface area contributed by atoms with Gasteiger partial charge < -0.3 is 19.7 Å². The summed E-state index contributed by atoms with van der Waals surface area (Å²) in [5.41, 5.74) is 3.62. The summed E-state index contributed by atoms with van der Waals surface area (Å²) in [7, 11) is 1.59. The number of carbonyl (C=O) groups excluding carboxylic acids is 1. The zero-order valence-electron chi connectivity index (χ0n) is 19.9. The van der Waals surface area contributed by atoms with Gasteiger partial charge in [0.15, 0.2) is 0 Å². The molecule has 35 heavy (non-hydrogen) atoms. The van der Waals surface area contributed by atoms with E-state index in [1.165, 1.54) is 12.1 Å². The molecule has 1 fully saturated rings. The number of rotatable bonds is 8. The van der Waals surface area contributed by atoms with Crippen molar-refractivity contribution in [3.63, 3.8) is 0 Å². The molecule has 1 saturated heterocycles. The van der Waals surface area contributed by atoms with E-state index in [0.717, 1.165) is 22.5 Å². The molecule has 0 spiro atoms. The smallest absolute Gasteiger partial charge is 0.277 e. The van der Waals surface area contributed by atoms with Gasteiger partial charge in [-0.05, 0) is 61.7 Å². The normalized spacial score (nSPS) is 16.7. The topological polar surface area (TPSA) is 92.0 Å². The number of imidazole rings is 1. The van der Waals surface area contributed by atoms with E-state index in [1.807, 2.05) is 42.8 Å². The maximum Gasteiger partial charge on any atom is 0.277 e. The van der Waals surface area contributed by atoms with Crippen LogP contribution in [0, 0.1) is 12.7 Å². The van der Waals surface area contributed by atoms with Crippen molar-refractivity contribution in [1.82, 2.24) is 19.8 Å². The number of aryl methyl sites for hydroxylation is 1. The first kappa shape index (κ1) is 24.2. The van der Waals surface area contributed by atoms with Crippen LogP contribution in [0.5, 0.6) is 5.75 Å². The summed E-state index contributed by atoms with van der Waals surface area (Å²) in [4.78, 5) is 23.7. The number of aliphatic hydroxyl groups is 1. The molecule has 4 rings (SSSR count). The number of carbonyl (C=O) groups is 1. The number of nitrogens with zero attached hydrogens (tertiary/aromatic N) is 4. The first-order chi connectivity index (χ1) is 16.9. The van der Waals surface area contributed by atoms with Crippen LogP contribution in [0.1, 0.15) is 36.2 Å². The second-order valence-electron chi connectivity index (χ2n) is 8.22. The number of ether oxygens (including phenoxy) is 1. The molecular formula is C26H28FN5O3. The highest BCUT2D eigenvalue weighted by atomic mass is 19.1. The van der Waals surface area contributed by atoms with Crippen LogP contribution in [0.25, 0.3) is 11.8 Å². The Morgan fingerprint density at radius 3 is 2.69 bits per heavy atom. The van der Waals surface area contributed by atoms with Gasteiger partial charge in [-0.3, -0.25) is 14.7 Å². The van der Waals surface area contributed by atoms with Gasteiger partial charge in [-0.2, -0.15) is 0 Å². The van der Waals surface area contributed by atoms with Crippen molar-refractivity contribution in [3.8, 4) is 11.4 Å². The van der Waals surface area contributed by atoms with Gasteiger partial charge in [0, 0.05) is 19.3 Å². The Bertz CT molecular complexity index is 1270. The van der Waals surface area contributed by atoms with Gasteiger partial charge in [0.2, 0.25) is 5.96 Å². The summed E-state index contributed by atoms with van der Waals surface area (Å²) in [5.74, 6) is 0.435. The van der Waals surface area contributed by atoms with Crippen LogP contribution in [0.3, 0.4) is 0 Å². The minimum Gasteiger partial charge on any atom is -0.495 e. The fourth-order valence-electron chi connectivity index (χ4n) is 3.90. The standard InChI is InChI=1S/C26H28FN5O3/c1-17-15-31(16-29-17)23-10-5-19(14-24(23)35-3)13-22-25(34)32(26(30-22)28-11-4-12-33)18(2)20-6-8-21(27)9-7-20/h5-10,13-16,18,33H,4,11-12H2,1-3H3,(H,28,30)/b22-13-/t18-/m1/s1. The summed E-state index contributed by atoms with van der Waals surface area (Å²) >= 11 is 0. The lowest BCUT2D eigenvalue weighted by molar-refractivity contribution is -0.123. The number of aliphatic hydroxyl groups excluding tert-OH is 1. The minimum absolute atomic E-state index is 0.00349. The quantitative estimate of drug-likeness (QED) is 0.382. The van der Waals surface area contributed by atoms with Crippen LogP contribution < -0.4 is 10.1 Å². The van der Waals surface area contributed by atoms with Gasteiger partial charge in [0.05, 0.1) is 30.9 Å². The zero-order chi connectivity index (χ0) is 24.9. The van der Waals surface area contributed by atoms with E-state index >= 15 is 0 Å². The Labute approximate surface area is 203 Å². The average molecular weight is 478 g/mol. The second kappa shape index (κ2) is 10.5. The number of aliphatic imine (C=N–C) groups is 1. The van der Waals surface area contributed by atoms with E-state index in [2.05, 4.69) is 15.3 Å². The highest BCUT2D eigenvalue weighted by Crippen LogP contribution is 2.29. The SMILES string of the molecule is COc1cc(/C=C2\N/C(=N\CCCO)N([C@H](C)c3ccc(F)cc3)C2=O)ccc1-n1cnc(C)c1. The number of guanidine groups is 1. The van der Waals surface area contributed by atoms with Crippen LogP contribution >= 0.6 is 0 Å². The number of amides is 1. The van der Waals surface area contributed by atoms with Crippen LogP contribution in [-0.2, 0) is 4.79 Å². The van der Waals surface area contributed by atoms with Crippen molar-refractivity contribution in [2.45, 2.75) is 26.3 Å². The van der Waals surface area contributed by atoms with Crippen molar-refractivity contribution >= 4 is 17.9 Å². The number of hydrogen-bond acceptors (Lipinski definition) is 5. The molecule has 2 heterocycles. The first-order valence-electron chi connectivity index (χ1n) is 11.3. The molecular weight excluding hydrogens is 449 g/mol. The number of benzene rings is 2. The molecule has 3 aromatic rings. The number of hydrogen-bond donors (Lipinski definition) is 2. The monoisotopic (exact) mass is 477 g/mol. The summed E-state index contributed by atoms with van der Waals surface area (Å²) in [6, 6.07) is 11.3. The summed E-state index contributed by atoms with van der Waals surface area (Å²) in [6.07, 6.45) is 5.84. The molecule has 2 aromatic carbocycles. The lowest BCUT2D eigenvalue weighted by atomic mass is 10.1. The molecule has 9 heteroatoms. The summed E-state index contributed by atoms with van der Waals surface area (Å²) < 4.78 is 20.9. The van der Waals surface area contributed by atoms with E-state index in [4.69, 9.17) is 9.84 Å². The lowest BCUT2D eigenvalue weighted by Gasteiger charge is -2.23. The molecule has 1 atom stereocenters. The van der Waals surface area contributed by atoms with E-state index < -0.39 is 0 Å². The van der Waals surface area contributed by atoms with E-state index in [0.29, 0.717) is 30.4 Å². The number of nitrogens with one attached hydrogen (secondary N) is 1. The highest BCUT2D eigenvalue weighted by molar-refractivity contribution is 6.15. The molecule has 1 amide bonds. The number of aromatic nitrogens is 2. The third kappa shape index (κ3) is 5.25. The molecule has 2 N–H and O–H groups in total. The lowest BCUT2D eigenvalue weighted by Crippen LogP contribution is -2.35. The fraction of sp³-hybridized carbons (Fsp3) is 0.269. The predicted octanol–water partition coefficient (Wildman–Crippen LogP) is 3.60. The Kier molecular flexibility index (Phi) is 7.26. The molecule has 1 aromatic heterocycles. The molecule has 0 saturated carbocycles. The van der Waals surface area contributed by atoms with Crippen molar-refractivity contribution in [2.24, 2.45) is 4.99 Å². The van der Waals surface area contributed by atoms with Gasteiger partial charge in [-0.1, -0.05) is 18.2 Å². The Balaban J connectivity index is 1.66. The van der Waals surface area contributed by atoms with Crippen molar-refractivity contribution < 1.29 is 19.0 Å². The molecule has 8 nitrogen and oxygen atoms in total. The Morgan fingerprint density at radius 2 is 2.03 bits per heavy atom. The minimum atomic E-state index is -0.379. The van der Waals surface area contributed by atoms with E-state index in [-0.39, 0.29) is 24.4 Å². The Hall–Kier alpha value is -3.98. The number of methoxy groups -OCH3 is 1. The fourth-order valence-corrected chi connectivity index (χ4v) is 3.90. The third-order valence-corrected chi connectivity index (χ3v) is 5.75. The highest BCUT2D eigenvalue weighted by Gasteiger charge is 2.36. The predicted molar refractivity (Wildman–Crippen MR) is 132 cm³/mol. The van der Waals surface area contributed by atoms with Crippen molar-refractivity contribution in [3.05, 3.63) is 83.3 Å². The summed E-state index contributed by atoms with van der Waals surface area (Å²) in [5, 5.41) is 12.3. The van der Waals surface area contributed by atoms with Crippen LogP contribution in [0.4, 0.5) is 4.39 Å². The number of halogens is 1. The van der Waals surface area contributed by atoms with Gasteiger partial charge in [0.1, 0.15) is 17.3 Å². The second-order valence-corrected chi connectivity index (χ2v) is 8.22. The molecule has 0 unspecified atom stereocenters. The van der Waals surface area contributed by atoms with Crippen molar-refractivity contribution in [1.29, 1.82) is 0 Å². The maximum atomic E-state index is 13.4. The third-order valence-electron chi connectivity index (χ3n) is 5.75. The van der Waals surface area contributed by atoms with Crippen LogP contribution in [0.2, 0.25) is 0 Å². The maximum absolute atomic E-state index is 13.4. The van der Waals surface area contributed by atoms with E-state index in [9.17, 15) is 9.18 Å². The van der Waals surface area contributed by atoms with Crippen LogP contribution in [-0.4, -0.2) is 51.7 Å². The van der Waals surface area contributed by atoms with Gasteiger partial charge >= 0.3 is 0 Å². The largest absolute Gasteiger partial charge is 0.495 e. The first-order valence-corrected chi connectivity index (χ1v) is 11.3. The average Bonchev–Trinajstić information content (AvgIpc) is 3.42. The van der Waals surface area contributed by atoms with Crippen molar-refractivity contribution in [2.75, 3.05) is 20.3 Å². The van der Waals surface area contributed by atoms with Gasteiger partial charge in [0.25, 0.3) is 5.91 Å². The van der Waals surface area contributed by atoms with Crippen LogP contribution in [0.15, 0.2) is 65.7 Å². The molecule has 1 aliphatic rings. The molecule has 0 bridgehead atoms. The van der Waals surface area contributed by atoms with Gasteiger partial charge in [-0.15, -0.1) is 0 Å². The summed E-state index contributed by atoms with van der Waals surface area (Å²) in [6.45, 7) is 4.14. The zero-order valence-corrected chi connectivity index (χ0v) is 19.9. The van der Waals surface area contributed by atoms with E-state index in [1.54, 1.807) is 36.5 Å². The van der Waals surface area contributed by atoms with Gasteiger partial charge in [-0.25, -0.2) is 9.37 Å².